The first-order valence-electron chi connectivity index (χ1n) is 8.10. The van der Waals surface area contributed by atoms with E-state index in [4.69, 9.17) is 26.0 Å². The molecule has 2 aromatic rings. The first kappa shape index (κ1) is 26.8. The molecule has 0 spiro atoms. The van der Waals surface area contributed by atoms with Crippen LogP contribution in [-0.2, 0) is 19.6 Å². The molecule has 0 radical (unpaired) electrons. The zero-order chi connectivity index (χ0) is 20.1. The van der Waals surface area contributed by atoms with E-state index in [1.54, 1.807) is 24.8 Å². The molecule has 3 rings (SSSR count). The molecule has 0 bridgehead atoms. The number of aromatic nitrogens is 3. The number of carbonyl (C=O) groups excluding carboxylic acids is 1. The van der Waals surface area contributed by atoms with E-state index in [9.17, 15) is 9.36 Å². The number of rotatable bonds is 5. The Morgan fingerprint density at radius 3 is 2.66 bits per heavy atom. The van der Waals surface area contributed by atoms with Crippen LogP contribution in [-0.4, -0.2) is 48.4 Å². The van der Waals surface area contributed by atoms with E-state index in [1.807, 2.05) is 6.92 Å². The van der Waals surface area contributed by atoms with E-state index < -0.39 is 25.6 Å². The van der Waals surface area contributed by atoms with Gasteiger partial charge < -0.3 is 36.0 Å². The minimum Gasteiger partial charge on any atom is -0.870 e. The SMILES string of the molecule is Cc1nc(N)c2c(C(N)=O)cn([C@]3(C)O[C@H](COP(=O)(O)O)[CH-][C@H]3C)c2n1.[OH-].[Rb+]. The molecule has 12 nitrogen and oxygen atoms in total. The fraction of sp³-hybridized carbons (Fsp3) is 0.467. The third kappa shape index (κ3) is 5.32. The molecule has 1 saturated heterocycles. The van der Waals surface area contributed by atoms with Crippen LogP contribution >= 0.6 is 7.82 Å². The van der Waals surface area contributed by atoms with Gasteiger partial charge in [-0.2, -0.15) is 0 Å². The number of ether oxygens (including phenoxy) is 1. The molecule has 0 unspecified atom stereocenters. The summed E-state index contributed by atoms with van der Waals surface area (Å²) in [5.74, 6) is -0.354. The average Bonchev–Trinajstić information content (AvgIpc) is 3.04. The van der Waals surface area contributed by atoms with Gasteiger partial charge in [0.15, 0.2) is 0 Å². The van der Waals surface area contributed by atoms with Gasteiger partial charge in [0, 0.05) is 6.20 Å². The molecule has 7 N–H and O–H groups in total. The quantitative estimate of drug-likeness (QED) is 0.246. The minimum atomic E-state index is -4.62. The summed E-state index contributed by atoms with van der Waals surface area (Å²) in [5, 5.41) is 0.333. The van der Waals surface area contributed by atoms with Crippen LogP contribution < -0.4 is 69.7 Å². The number of aryl methyl sites for hydroxylation is 1. The first-order valence-corrected chi connectivity index (χ1v) is 9.63. The summed E-state index contributed by atoms with van der Waals surface area (Å²) in [6, 6.07) is 0. The number of anilines is 1. The van der Waals surface area contributed by atoms with Crippen molar-refractivity contribution in [2.75, 3.05) is 12.3 Å². The number of fused-ring (bicyclic) bond motifs is 1. The van der Waals surface area contributed by atoms with Crippen LogP contribution in [0, 0.1) is 19.3 Å². The molecule has 0 aromatic carbocycles. The normalized spacial score (nSPS) is 24.2. The Bertz CT molecular complexity index is 964. The Balaban J connectivity index is 0.00000210. The molecule has 0 aliphatic carbocycles. The van der Waals surface area contributed by atoms with E-state index in [2.05, 4.69) is 14.5 Å². The summed E-state index contributed by atoms with van der Waals surface area (Å²) in [7, 11) is -4.62. The van der Waals surface area contributed by atoms with Crippen LogP contribution in [0.3, 0.4) is 0 Å². The summed E-state index contributed by atoms with van der Waals surface area (Å²) in [5.41, 5.74) is 11.0. The molecule has 1 aliphatic heterocycles. The zero-order valence-corrected chi connectivity index (χ0v) is 22.2. The van der Waals surface area contributed by atoms with Crippen LogP contribution in [0.15, 0.2) is 6.20 Å². The van der Waals surface area contributed by atoms with Crippen molar-refractivity contribution >= 4 is 30.6 Å². The number of amides is 1. The van der Waals surface area contributed by atoms with E-state index in [-0.39, 0.29) is 87.6 Å². The van der Waals surface area contributed by atoms with Crippen LogP contribution in [0.5, 0.6) is 0 Å². The number of phosphoric ester groups is 1. The molecular formula is C15H22N5O7PRb-. The maximum Gasteiger partial charge on any atom is 1.00 e. The van der Waals surface area contributed by atoms with Crippen LogP contribution in [0.25, 0.3) is 11.0 Å². The average molecular weight is 501 g/mol. The Morgan fingerprint density at radius 1 is 1.48 bits per heavy atom. The Morgan fingerprint density at radius 2 is 2.10 bits per heavy atom. The van der Waals surface area contributed by atoms with E-state index in [0.29, 0.717) is 16.9 Å². The van der Waals surface area contributed by atoms with Gasteiger partial charge in [0.1, 0.15) is 23.0 Å². The minimum absolute atomic E-state index is 0. The van der Waals surface area contributed by atoms with Crippen LogP contribution in [0.1, 0.15) is 30.0 Å². The fourth-order valence-electron chi connectivity index (χ4n) is 3.28. The third-order valence-electron chi connectivity index (χ3n) is 4.67. The van der Waals surface area contributed by atoms with E-state index >= 15 is 0 Å². The summed E-state index contributed by atoms with van der Waals surface area (Å²) in [6.45, 7) is 4.98. The van der Waals surface area contributed by atoms with Crippen molar-refractivity contribution in [3.8, 4) is 0 Å². The van der Waals surface area contributed by atoms with Gasteiger partial charge in [0.25, 0.3) is 5.91 Å². The molecule has 14 heteroatoms. The zero-order valence-electron chi connectivity index (χ0n) is 16.4. The maximum absolute atomic E-state index is 11.9. The van der Waals surface area contributed by atoms with Crippen LogP contribution in [0.2, 0.25) is 0 Å². The Labute approximate surface area is 215 Å². The van der Waals surface area contributed by atoms with Crippen molar-refractivity contribution in [3.05, 3.63) is 24.0 Å². The molecule has 29 heavy (non-hydrogen) atoms. The predicted molar refractivity (Wildman–Crippen MR) is 97.1 cm³/mol. The molecule has 2 aromatic heterocycles. The van der Waals surface area contributed by atoms with Crippen molar-refractivity contribution in [1.29, 1.82) is 0 Å². The summed E-state index contributed by atoms with van der Waals surface area (Å²) >= 11 is 0. The van der Waals surface area contributed by atoms with Gasteiger partial charge in [-0.15, -0.1) is 5.92 Å². The van der Waals surface area contributed by atoms with Gasteiger partial charge in [-0.25, -0.2) is 14.5 Å². The fourth-order valence-corrected chi connectivity index (χ4v) is 3.62. The monoisotopic (exact) mass is 500 g/mol. The largest absolute Gasteiger partial charge is 1.00 e. The van der Waals surface area contributed by atoms with Crippen molar-refractivity contribution in [1.82, 2.24) is 14.5 Å². The summed E-state index contributed by atoms with van der Waals surface area (Å²) < 4.78 is 23.1. The standard InChI is InChI=1S/C15H21N5O6P.H2O.Rb/c1-7-4-9(6-25-27(22,23)24)26-15(7,3)20-5-10(13(17)21)11-12(16)18-8(2)19-14(11)20;;/h4-5,7,9H,6H2,1-3H3,(H2,17,21)(H2,16,18,19)(H2,22,23,24);1H2;/q-1;;+1/p-1/t7-,9+,15-;;/m1../s1. The van der Waals surface area contributed by atoms with Crippen molar-refractivity contribution in [2.45, 2.75) is 32.6 Å². The topological polar surface area (TPSA) is 206 Å². The number of hydrogen-bond acceptors (Lipinski definition) is 8. The van der Waals surface area contributed by atoms with Gasteiger partial charge in [0.2, 0.25) is 0 Å². The van der Waals surface area contributed by atoms with Gasteiger partial charge in [-0.05, 0) is 20.0 Å². The summed E-state index contributed by atoms with van der Waals surface area (Å²) in [6.07, 6.45) is 2.60. The van der Waals surface area contributed by atoms with Crippen molar-refractivity contribution in [2.24, 2.45) is 11.7 Å². The molecule has 3 heterocycles. The molecule has 1 aliphatic rings. The predicted octanol–water partition coefficient (Wildman–Crippen LogP) is -2.73. The number of carbonyl (C=O) groups is 1. The van der Waals surface area contributed by atoms with Crippen LogP contribution in [0.4, 0.5) is 5.82 Å². The smallest absolute Gasteiger partial charge is 0.870 e. The second-order valence-corrected chi connectivity index (χ2v) is 7.85. The second-order valence-electron chi connectivity index (χ2n) is 6.61. The molecule has 0 saturated carbocycles. The molecule has 1 fully saturated rings. The Hall–Kier alpha value is -0.275. The Kier molecular flexibility index (Phi) is 8.74. The number of nitrogens with two attached hydrogens (primary N) is 2. The molecule has 3 atom stereocenters. The molecule has 156 valence electrons. The van der Waals surface area contributed by atoms with E-state index in [1.165, 1.54) is 6.20 Å². The number of primary amides is 1. The number of nitrogens with zero attached hydrogens (tertiary/aromatic N) is 3. The number of nitrogen functional groups attached to an aromatic ring is 1. The van der Waals surface area contributed by atoms with Gasteiger partial charge in [-0.1, -0.05) is 6.92 Å². The molecule has 1 amide bonds. The van der Waals surface area contributed by atoms with Gasteiger partial charge in [-0.3, -0.25) is 15.7 Å². The van der Waals surface area contributed by atoms with Crippen molar-refractivity contribution < 1.29 is 92.1 Å². The molecular weight excluding hydrogens is 479 g/mol. The van der Waals surface area contributed by atoms with Gasteiger partial charge in [0.05, 0.1) is 17.6 Å². The third-order valence-corrected chi connectivity index (χ3v) is 5.16. The number of hydrogen-bond donors (Lipinski definition) is 4. The van der Waals surface area contributed by atoms with E-state index in [0.717, 1.165) is 0 Å². The van der Waals surface area contributed by atoms with Gasteiger partial charge >= 0.3 is 66.0 Å². The van der Waals surface area contributed by atoms with Crippen molar-refractivity contribution in [3.63, 3.8) is 0 Å². The summed E-state index contributed by atoms with van der Waals surface area (Å²) in [4.78, 5) is 38.1. The first-order chi connectivity index (χ1) is 12.4. The number of phosphoric acid groups is 1. The second kappa shape index (κ2) is 9.47. The maximum atomic E-state index is 11.9.